The molecule has 1 amide bonds. The van der Waals surface area contributed by atoms with Gasteiger partial charge in [0.2, 0.25) is 0 Å². The number of hydrogen-bond donors (Lipinski definition) is 1. The molecule has 2 aromatic heterocycles. The van der Waals surface area contributed by atoms with Crippen LogP contribution < -0.4 is 11.2 Å². The van der Waals surface area contributed by atoms with Gasteiger partial charge in [-0.2, -0.15) is 13.2 Å². The van der Waals surface area contributed by atoms with Crippen LogP contribution in [0.1, 0.15) is 59.3 Å². The van der Waals surface area contributed by atoms with Crippen molar-refractivity contribution in [2.75, 3.05) is 13.1 Å². The van der Waals surface area contributed by atoms with Crippen LogP contribution in [0.3, 0.4) is 0 Å². The van der Waals surface area contributed by atoms with Crippen molar-refractivity contribution < 1.29 is 27.9 Å². The number of carbonyl (C=O) groups is 2. The van der Waals surface area contributed by atoms with Gasteiger partial charge >= 0.3 is 17.8 Å². The van der Waals surface area contributed by atoms with Crippen LogP contribution in [0.2, 0.25) is 0 Å². The minimum atomic E-state index is -4.51. The number of hydrogen-bond acceptors (Lipinski definition) is 5. The van der Waals surface area contributed by atoms with E-state index in [4.69, 9.17) is 5.11 Å². The fourth-order valence-electron chi connectivity index (χ4n) is 5.69. The quantitative estimate of drug-likeness (QED) is 0.424. The first-order valence-corrected chi connectivity index (χ1v) is 14.1. The van der Waals surface area contributed by atoms with E-state index in [1.807, 2.05) is 30.3 Å². The number of amides is 1. The Kier molecular flexibility index (Phi) is 7.41. The number of rotatable bonds is 8. The minimum absolute atomic E-state index is 0.0272. The van der Waals surface area contributed by atoms with Crippen molar-refractivity contribution in [2.45, 2.75) is 70.1 Å². The van der Waals surface area contributed by atoms with Gasteiger partial charge in [-0.05, 0) is 49.7 Å². The van der Waals surface area contributed by atoms with Crippen molar-refractivity contribution >= 4 is 33.4 Å². The second kappa shape index (κ2) is 10.5. The van der Waals surface area contributed by atoms with Crippen molar-refractivity contribution in [1.82, 2.24) is 14.0 Å². The van der Waals surface area contributed by atoms with Crippen molar-refractivity contribution in [3.63, 3.8) is 0 Å². The third kappa shape index (κ3) is 5.45. The van der Waals surface area contributed by atoms with Gasteiger partial charge in [-0.1, -0.05) is 30.3 Å². The summed E-state index contributed by atoms with van der Waals surface area (Å²) in [6.45, 7) is 1.67. The van der Waals surface area contributed by atoms with Crippen molar-refractivity contribution in [1.29, 1.82) is 0 Å². The SMILES string of the molecule is Cc1c(C(=O)N2CCC(CC(=O)O)CC2)sc2c1c(=O)n(CC1(c3ccccc3)CC1)c(=O)n2CCC(F)(F)F. The van der Waals surface area contributed by atoms with Gasteiger partial charge in [-0.3, -0.25) is 23.5 Å². The summed E-state index contributed by atoms with van der Waals surface area (Å²) in [4.78, 5) is 53.8. The molecule has 214 valence electrons. The molecule has 0 radical (unpaired) electrons. The van der Waals surface area contributed by atoms with Gasteiger partial charge < -0.3 is 10.0 Å². The molecule has 0 bridgehead atoms. The van der Waals surface area contributed by atoms with E-state index in [1.54, 1.807) is 11.8 Å². The van der Waals surface area contributed by atoms with Crippen LogP contribution in [-0.2, 0) is 23.3 Å². The van der Waals surface area contributed by atoms with Crippen LogP contribution in [0.25, 0.3) is 10.2 Å². The number of alkyl halides is 3. The molecular weight excluding hydrogens is 547 g/mol. The van der Waals surface area contributed by atoms with Crippen molar-refractivity contribution in [3.8, 4) is 0 Å². The molecule has 1 saturated carbocycles. The van der Waals surface area contributed by atoms with Gasteiger partial charge in [-0.25, -0.2) is 4.79 Å². The van der Waals surface area contributed by atoms with E-state index < -0.39 is 41.8 Å². The zero-order valence-electron chi connectivity index (χ0n) is 22.0. The first-order valence-electron chi connectivity index (χ1n) is 13.3. The van der Waals surface area contributed by atoms with Crippen LogP contribution in [0, 0.1) is 12.8 Å². The third-order valence-corrected chi connectivity index (χ3v) is 9.48. The summed E-state index contributed by atoms with van der Waals surface area (Å²) < 4.78 is 41.8. The summed E-state index contributed by atoms with van der Waals surface area (Å²) in [6, 6.07) is 9.45. The van der Waals surface area contributed by atoms with Crippen LogP contribution in [0.4, 0.5) is 13.2 Å². The maximum Gasteiger partial charge on any atom is 0.390 e. The van der Waals surface area contributed by atoms with Crippen LogP contribution in [0.5, 0.6) is 0 Å². The Morgan fingerprint density at radius 1 is 1.07 bits per heavy atom. The van der Waals surface area contributed by atoms with Gasteiger partial charge in [0.15, 0.2) is 0 Å². The molecule has 40 heavy (non-hydrogen) atoms. The summed E-state index contributed by atoms with van der Waals surface area (Å²) in [7, 11) is 0. The predicted octanol–water partition coefficient (Wildman–Crippen LogP) is 4.54. The normalized spacial score (nSPS) is 17.4. The Labute approximate surface area is 231 Å². The first kappa shape index (κ1) is 28.1. The number of halogens is 3. The molecule has 2 aliphatic rings. The number of aromatic nitrogens is 2. The number of carboxylic acid groups (broad SMARTS) is 1. The van der Waals surface area contributed by atoms with Gasteiger partial charge in [0.25, 0.3) is 11.5 Å². The van der Waals surface area contributed by atoms with Gasteiger partial charge in [-0.15, -0.1) is 11.3 Å². The minimum Gasteiger partial charge on any atom is -0.481 e. The van der Waals surface area contributed by atoms with E-state index >= 15 is 0 Å². The molecule has 0 spiro atoms. The van der Waals surface area contributed by atoms with E-state index in [0.717, 1.165) is 38.9 Å². The van der Waals surface area contributed by atoms with Gasteiger partial charge in [0.1, 0.15) is 4.83 Å². The van der Waals surface area contributed by atoms with E-state index in [0.29, 0.717) is 31.5 Å². The maximum absolute atomic E-state index is 13.8. The number of benzene rings is 1. The average molecular weight is 578 g/mol. The zero-order chi connectivity index (χ0) is 28.8. The Morgan fingerprint density at radius 3 is 2.30 bits per heavy atom. The monoisotopic (exact) mass is 577 g/mol. The lowest BCUT2D eigenvalue weighted by atomic mass is 9.93. The number of carbonyl (C=O) groups excluding carboxylic acids is 1. The molecule has 1 aliphatic heterocycles. The fourth-order valence-corrected chi connectivity index (χ4v) is 6.97. The Bertz CT molecular complexity index is 1560. The van der Waals surface area contributed by atoms with Crippen LogP contribution in [0.15, 0.2) is 39.9 Å². The zero-order valence-corrected chi connectivity index (χ0v) is 22.8. The number of fused-ring (bicyclic) bond motifs is 1. The Morgan fingerprint density at radius 2 is 1.73 bits per heavy atom. The summed E-state index contributed by atoms with van der Waals surface area (Å²) in [5.41, 5.74) is -0.533. The smallest absolute Gasteiger partial charge is 0.390 e. The van der Waals surface area contributed by atoms with E-state index in [2.05, 4.69) is 0 Å². The first-order chi connectivity index (χ1) is 18.9. The summed E-state index contributed by atoms with van der Waals surface area (Å²) >= 11 is 0.878. The van der Waals surface area contributed by atoms with Gasteiger partial charge in [0.05, 0.1) is 16.7 Å². The van der Waals surface area contributed by atoms with E-state index in [1.165, 1.54) is 0 Å². The highest BCUT2D eigenvalue weighted by Gasteiger charge is 2.45. The molecule has 0 atom stereocenters. The van der Waals surface area contributed by atoms with E-state index in [9.17, 15) is 32.3 Å². The number of aryl methyl sites for hydroxylation is 2. The molecule has 0 unspecified atom stereocenters. The highest BCUT2D eigenvalue weighted by atomic mass is 32.1. The number of aliphatic carboxylic acids is 1. The Balaban J connectivity index is 1.55. The second-order valence-electron chi connectivity index (χ2n) is 10.9. The Hall–Kier alpha value is -3.41. The summed E-state index contributed by atoms with van der Waals surface area (Å²) in [6.07, 6.45) is -3.21. The van der Waals surface area contributed by atoms with Crippen molar-refractivity contribution in [3.05, 3.63) is 67.2 Å². The molecular formula is C28H30F3N3O5S. The lowest BCUT2D eigenvalue weighted by molar-refractivity contribution is -0.138. The van der Waals surface area contributed by atoms with Crippen LogP contribution >= 0.6 is 11.3 Å². The largest absolute Gasteiger partial charge is 0.481 e. The molecule has 3 aromatic rings. The average Bonchev–Trinajstić information content (AvgIpc) is 3.62. The molecule has 1 saturated heterocycles. The summed E-state index contributed by atoms with van der Waals surface area (Å²) in [5.74, 6) is -1.29. The number of carboxylic acids is 1. The van der Waals surface area contributed by atoms with Crippen LogP contribution in [-0.4, -0.2) is 50.3 Å². The number of likely N-dealkylation sites (tertiary alicyclic amines) is 1. The molecule has 1 aromatic carbocycles. The fraction of sp³-hybridized carbons (Fsp3) is 0.500. The van der Waals surface area contributed by atoms with E-state index in [-0.39, 0.29) is 39.9 Å². The number of piperidine rings is 1. The summed E-state index contributed by atoms with van der Waals surface area (Å²) in [5, 5.41) is 9.15. The molecule has 8 nitrogen and oxygen atoms in total. The molecule has 3 heterocycles. The lowest BCUT2D eigenvalue weighted by Gasteiger charge is -2.31. The number of nitrogens with zero attached hydrogens (tertiary/aromatic N) is 3. The standard InChI is InChI=1S/C28H30F3N3O5S/c1-17-21-23(37)34(16-27(9-10-27)19-5-3-2-4-6-19)26(39)33(14-11-28(29,30)31)25(21)40-22(17)24(38)32-12-7-18(8-13-32)15-20(35)36/h2-6,18H,7-16H2,1H3,(H,35,36). The highest BCUT2D eigenvalue weighted by molar-refractivity contribution is 7.20. The third-order valence-electron chi connectivity index (χ3n) is 8.17. The molecule has 12 heteroatoms. The topological polar surface area (TPSA) is 102 Å². The van der Waals surface area contributed by atoms with Gasteiger partial charge in [0, 0.05) is 38.0 Å². The molecule has 1 aliphatic carbocycles. The molecule has 1 N–H and O–H groups in total. The highest BCUT2D eigenvalue weighted by Crippen LogP contribution is 2.49. The second-order valence-corrected chi connectivity index (χ2v) is 11.9. The lowest BCUT2D eigenvalue weighted by Crippen LogP contribution is -2.42. The predicted molar refractivity (Wildman–Crippen MR) is 144 cm³/mol. The maximum atomic E-state index is 13.8. The van der Waals surface area contributed by atoms with Crippen molar-refractivity contribution in [2.24, 2.45) is 5.92 Å². The molecule has 5 rings (SSSR count). The molecule has 2 fully saturated rings. The number of thiophene rings is 1.